The average Bonchev–Trinajstić information content (AvgIpc) is 2.92. The van der Waals surface area contributed by atoms with Crippen molar-refractivity contribution < 1.29 is 13.7 Å². The molecule has 0 aliphatic carbocycles. The average molecular weight is 344 g/mol. The van der Waals surface area contributed by atoms with Crippen LogP contribution in [0, 0.1) is 11.2 Å². The molecule has 1 unspecified atom stereocenters. The Morgan fingerprint density at radius 3 is 2.60 bits per heavy atom. The Bertz CT molecular complexity index is 731. The Hall–Kier alpha value is -2.17. The number of amides is 1. The fraction of sp³-hybridized carbons (Fsp3) is 0.500. The van der Waals surface area contributed by atoms with Crippen LogP contribution in [0.5, 0.6) is 0 Å². The lowest BCUT2D eigenvalue weighted by Gasteiger charge is -2.33. The van der Waals surface area contributed by atoms with Crippen LogP contribution >= 0.6 is 0 Å². The lowest BCUT2D eigenvalue weighted by molar-refractivity contribution is -0.142. The highest BCUT2D eigenvalue weighted by atomic mass is 19.1. The topological polar surface area (TPSA) is 46.3 Å². The second kappa shape index (κ2) is 6.98. The molecular formula is C20H25FN2O2. The molecule has 1 fully saturated rings. The van der Waals surface area contributed by atoms with Crippen molar-refractivity contribution in [2.24, 2.45) is 5.41 Å². The highest BCUT2D eigenvalue weighted by molar-refractivity contribution is 5.82. The molecule has 1 atom stereocenters. The van der Waals surface area contributed by atoms with Crippen molar-refractivity contribution in [3.05, 3.63) is 41.9 Å². The van der Waals surface area contributed by atoms with Crippen molar-refractivity contribution >= 4 is 5.91 Å². The van der Waals surface area contributed by atoms with Crippen molar-refractivity contribution in [1.82, 2.24) is 10.1 Å². The number of nitrogens with zero attached hydrogens (tertiary/aromatic N) is 2. The van der Waals surface area contributed by atoms with E-state index < -0.39 is 5.41 Å². The first-order chi connectivity index (χ1) is 11.9. The normalized spacial score (nSPS) is 18.9. The van der Waals surface area contributed by atoms with E-state index in [9.17, 15) is 9.18 Å². The van der Waals surface area contributed by atoms with Crippen LogP contribution in [0.4, 0.5) is 4.39 Å². The van der Waals surface area contributed by atoms with Crippen LogP contribution < -0.4 is 0 Å². The van der Waals surface area contributed by atoms with Gasteiger partial charge in [0.25, 0.3) is 0 Å². The number of aromatic nitrogens is 1. The molecule has 1 saturated heterocycles. The van der Waals surface area contributed by atoms with E-state index in [4.69, 9.17) is 4.52 Å². The molecule has 0 bridgehead atoms. The third kappa shape index (κ3) is 3.91. The SMILES string of the molecule is CC(C)(C)C(=O)N1CCCCCC1c1cc(-c2ccc(F)cc2)no1. The van der Waals surface area contributed by atoms with Crippen LogP contribution in [-0.2, 0) is 4.79 Å². The summed E-state index contributed by atoms with van der Waals surface area (Å²) in [5.41, 5.74) is 1.05. The first-order valence-corrected chi connectivity index (χ1v) is 8.90. The molecule has 25 heavy (non-hydrogen) atoms. The maximum Gasteiger partial charge on any atom is 0.228 e. The summed E-state index contributed by atoms with van der Waals surface area (Å²) in [6.45, 7) is 6.58. The van der Waals surface area contributed by atoms with Crippen LogP contribution in [-0.4, -0.2) is 22.5 Å². The van der Waals surface area contributed by atoms with Crippen LogP contribution in [0.15, 0.2) is 34.9 Å². The molecule has 1 amide bonds. The molecule has 4 nitrogen and oxygen atoms in total. The van der Waals surface area contributed by atoms with Gasteiger partial charge in [-0.3, -0.25) is 4.79 Å². The van der Waals surface area contributed by atoms with E-state index in [1.54, 1.807) is 12.1 Å². The summed E-state index contributed by atoms with van der Waals surface area (Å²) in [6, 6.07) is 7.97. The molecule has 3 rings (SSSR count). The van der Waals surface area contributed by atoms with Crippen molar-refractivity contribution in [3.63, 3.8) is 0 Å². The predicted octanol–water partition coefficient (Wildman–Crippen LogP) is 4.97. The largest absolute Gasteiger partial charge is 0.359 e. The summed E-state index contributed by atoms with van der Waals surface area (Å²) in [6.07, 6.45) is 4.06. The van der Waals surface area contributed by atoms with Crippen LogP contribution in [0.1, 0.15) is 58.3 Å². The molecule has 2 aromatic rings. The van der Waals surface area contributed by atoms with Gasteiger partial charge in [0.05, 0.1) is 6.04 Å². The Kier molecular flexibility index (Phi) is 4.93. The number of rotatable bonds is 2. The van der Waals surface area contributed by atoms with E-state index in [0.717, 1.165) is 37.8 Å². The minimum atomic E-state index is -0.428. The molecule has 1 aliphatic rings. The van der Waals surface area contributed by atoms with Crippen molar-refractivity contribution in [3.8, 4) is 11.3 Å². The van der Waals surface area contributed by atoms with Gasteiger partial charge in [-0.05, 0) is 37.1 Å². The third-order valence-electron chi connectivity index (χ3n) is 4.65. The first-order valence-electron chi connectivity index (χ1n) is 8.90. The van der Waals surface area contributed by atoms with Gasteiger partial charge < -0.3 is 9.42 Å². The maximum atomic E-state index is 13.1. The molecule has 0 N–H and O–H groups in total. The van der Waals surface area contributed by atoms with Crippen molar-refractivity contribution in [2.45, 2.75) is 52.5 Å². The zero-order valence-corrected chi connectivity index (χ0v) is 15.1. The summed E-state index contributed by atoms with van der Waals surface area (Å²) in [5.74, 6) is 0.566. The maximum absolute atomic E-state index is 13.1. The molecule has 2 heterocycles. The number of likely N-dealkylation sites (tertiary alicyclic amines) is 1. The van der Waals surface area contributed by atoms with E-state index in [0.29, 0.717) is 11.5 Å². The van der Waals surface area contributed by atoms with E-state index in [-0.39, 0.29) is 17.8 Å². The summed E-state index contributed by atoms with van der Waals surface area (Å²) in [4.78, 5) is 14.8. The number of carbonyl (C=O) groups is 1. The highest BCUT2D eigenvalue weighted by Gasteiger charge is 2.35. The van der Waals surface area contributed by atoms with Gasteiger partial charge in [-0.15, -0.1) is 0 Å². The van der Waals surface area contributed by atoms with E-state index in [1.807, 2.05) is 31.7 Å². The Morgan fingerprint density at radius 2 is 1.92 bits per heavy atom. The minimum Gasteiger partial charge on any atom is -0.359 e. The minimum absolute atomic E-state index is 0.0871. The fourth-order valence-corrected chi connectivity index (χ4v) is 3.28. The highest BCUT2D eigenvalue weighted by Crippen LogP contribution is 2.35. The van der Waals surface area contributed by atoms with Gasteiger partial charge in [0.15, 0.2) is 5.76 Å². The second-order valence-electron chi connectivity index (χ2n) is 7.74. The van der Waals surface area contributed by atoms with Gasteiger partial charge in [0.2, 0.25) is 5.91 Å². The van der Waals surface area contributed by atoms with Gasteiger partial charge >= 0.3 is 0 Å². The zero-order chi connectivity index (χ0) is 18.0. The van der Waals surface area contributed by atoms with Gasteiger partial charge in [0.1, 0.15) is 11.5 Å². The lowest BCUT2D eigenvalue weighted by atomic mass is 9.93. The molecule has 5 heteroatoms. The monoisotopic (exact) mass is 344 g/mol. The van der Waals surface area contributed by atoms with Crippen LogP contribution in [0.25, 0.3) is 11.3 Å². The Balaban J connectivity index is 1.89. The van der Waals surface area contributed by atoms with E-state index >= 15 is 0 Å². The number of benzene rings is 1. The molecule has 0 saturated carbocycles. The van der Waals surface area contributed by atoms with Crippen LogP contribution in [0.2, 0.25) is 0 Å². The Morgan fingerprint density at radius 1 is 1.20 bits per heavy atom. The number of carbonyl (C=O) groups excluding carboxylic acids is 1. The number of halogens is 1. The van der Waals surface area contributed by atoms with E-state index in [2.05, 4.69) is 5.16 Å². The second-order valence-corrected chi connectivity index (χ2v) is 7.74. The molecule has 0 radical (unpaired) electrons. The smallest absolute Gasteiger partial charge is 0.228 e. The first kappa shape index (κ1) is 17.6. The quantitative estimate of drug-likeness (QED) is 0.772. The van der Waals surface area contributed by atoms with Gasteiger partial charge in [-0.2, -0.15) is 0 Å². The van der Waals surface area contributed by atoms with Gasteiger partial charge in [-0.1, -0.05) is 38.8 Å². The summed E-state index contributed by atoms with van der Waals surface area (Å²) < 4.78 is 18.7. The van der Waals surface area contributed by atoms with Gasteiger partial charge in [0, 0.05) is 23.6 Å². The molecule has 0 spiro atoms. The third-order valence-corrected chi connectivity index (χ3v) is 4.65. The van der Waals surface area contributed by atoms with Crippen molar-refractivity contribution in [1.29, 1.82) is 0 Å². The molecule has 1 aromatic heterocycles. The standard InChI is InChI=1S/C20H25FN2O2/c1-20(2,3)19(24)23-12-6-4-5-7-17(23)18-13-16(22-25-18)14-8-10-15(21)11-9-14/h8-11,13,17H,4-7,12H2,1-3H3. The summed E-state index contributed by atoms with van der Waals surface area (Å²) >= 11 is 0. The van der Waals surface area contributed by atoms with E-state index in [1.165, 1.54) is 12.1 Å². The van der Waals surface area contributed by atoms with Gasteiger partial charge in [-0.25, -0.2) is 4.39 Å². The number of hydrogen-bond acceptors (Lipinski definition) is 3. The molecule has 1 aromatic carbocycles. The Labute approximate surface area is 148 Å². The molecule has 1 aliphatic heterocycles. The fourth-order valence-electron chi connectivity index (χ4n) is 3.28. The zero-order valence-electron chi connectivity index (χ0n) is 15.1. The summed E-state index contributed by atoms with van der Waals surface area (Å²) in [7, 11) is 0. The molecular weight excluding hydrogens is 319 g/mol. The van der Waals surface area contributed by atoms with Crippen molar-refractivity contribution in [2.75, 3.05) is 6.54 Å². The lowest BCUT2D eigenvalue weighted by Crippen LogP contribution is -2.41. The predicted molar refractivity (Wildman–Crippen MR) is 94.3 cm³/mol. The van der Waals surface area contributed by atoms with Crippen LogP contribution in [0.3, 0.4) is 0 Å². The molecule has 134 valence electrons. The summed E-state index contributed by atoms with van der Waals surface area (Å²) in [5, 5.41) is 4.14. The number of hydrogen-bond donors (Lipinski definition) is 0.